The number of nitrogens with zero attached hydrogens (tertiary/aromatic N) is 1. The molecule has 2 aromatic carbocycles. The number of unbranched alkanes of at least 4 members (excludes halogenated alkanes) is 2. The van der Waals surface area contributed by atoms with Crippen molar-refractivity contribution in [3.63, 3.8) is 0 Å². The lowest BCUT2D eigenvalue weighted by atomic mass is 9.77. The van der Waals surface area contributed by atoms with Crippen molar-refractivity contribution in [2.24, 2.45) is 0 Å². The number of anilines is 1. The summed E-state index contributed by atoms with van der Waals surface area (Å²) >= 11 is 3.83. The summed E-state index contributed by atoms with van der Waals surface area (Å²) in [5.41, 5.74) is 3.73. The van der Waals surface area contributed by atoms with Crippen LogP contribution in [0.4, 0.5) is 5.69 Å². The Hall–Kier alpha value is -1.88. The lowest BCUT2D eigenvalue weighted by Gasteiger charge is -2.26. The van der Waals surface area contributed by atoms with Gasteiger partial charge in [0.1, 0.15) is 25.6 Å². The van der Waals surface area contributed by atoms with Gasteiger partial charge in [0.25, 0.3) is 0 Å². The predicted molar refractivity (Wildman–Crippen MR) is 110 cm³/mol. The second-order valence-corrected chi connectivity index (χ2v) is 8.48. The van der Waals surface area contributed by atoms with Crippen LogP contribution in [0.15, 0.2) is 34.8 Å². The largest absolute Gasteiger partial charge is 0.492 e. The molecule has 0 N–H and O–H groups in total. The van der Waals surface area contributed by atoms with Crippen molar-refractivity contribution in [1.82, 2.24) is 0 Å². The Labute approximate surface area is 168 Å². The third-order valence-corrected chi connectivity index (χ3v) is 6.60. The Bertz CT molecular complexity index is 884. The molecule has 142 valence electrons. The molecule has 1 atom stereocenters. The number of hydrogen-bond acceptors (Lipinski definition) is 4. The minimum absolute atomic E-state index is 0.160. The van der Waals surface area contributed by atoms with Gasteiger partial charge in [0.2, 0.25) is 0 Å². The Morgan fingerprint density at radius 2 is 1.85 bits per heavy atom. The zero-order valence-corrected chi connectivity index (χ0v) is 17.2. The average Bonchev–Trinajstić information content (AvgIpc) is 3.20. The van der Waals surface area contributed by atoms with Crippen molar-refractivity contribution in [2.45, 2.75) is 31.6 Å². The molecule has 0 aromatic heterocycles. The van der Waals surface area contributed by atoms with Crippen LogP contribution in [-0.2, 0) is 5.41 Å². The summed E-state index contributed by atoms with van der Waals surface area (Å²) < 4.78 is 19.0. The minimum Gasteiger partial charge on any atom is -0.492 e. The zero-order valence-electron chi connectivity index (χ0n) is 15.6. The topological polar surface area (TPSA) is 30.9 Å². The van der Waals surface area contributed by atoms with Gasteiger partial charge in [-0.05, 0) is 24.6 Å². The van der Waals surface area contributed by atoms with Crippen LogP contribution in [0.1, 0.15) is 37.3 Å². The van der Waals surface area contributed by atoms with Crippen molar-refractivity contribution in [3.05, 3.63) is 45.9 Å². The van der Waals surface area contributed by atoms with Gasteiger partial charge in [-0.15, -0.1) is 0 Å². The van der Waals surface area contributed by atoms with Gasteiger partial charge in [-0.2, -0.15) is 0 Å². The van der Waals surface area contributed by atoms with Crippen molar-refractivity contribution in [1.29, 1.82) is 0 Å². The number of benzene rings is 2. The maximum Gasteiger partial charge on any atom is 0.165 e. The van der Waals surface area contributed by atoms with Crippen LogP contribution in [0.2, 0.25) is 0 Å². The predicted octanol–water partition coefficient (Wildman–Crippen LogP) is 4.91. The van der Waals surface area contributed by atoms with Gasteiger partial charge in [-0.1, -0.05) is 41.8 Å². The molecule has 3 aliphatic heterocycles. The van der Waals surface area contributed by atoms with Crippen molar-refractivity contribution >= 4 is 21.6 Å². The number of rotatable bonds is 4. The van der Waals surface area contributed by atoms with Gasteiger partial charge in [-0.3, -0.25) is 0 Å². The highest BCUT2D eigenvalue weighted by molar-refractivity contribution is 9.10. The summed E-state index contributed by atoms with van der Waals surface area (Å²) in [6.45, 7) is 6.13. The molecule has 3 heterocycles. The number of ether oxygens (including phenoxy) is 3. The fraction of sp³-hybridized carbons (Fsp3) is 0.455. The van der Waals surface area contributed by atoms with Gasteiger partial charge in [0.05, 0.1) is 5.41 Å². The molecule has 1 unspecified atom stereocenters. The number of hydrogen-bond donors (Lipinski definition) is 0. The quantitative estimate of drug-likeness (QED) is 0.646. The first-order chi connectivity index (χ1) is 13.2. The summed E-state index contributed by atoms with van der Waals surface area (Å²) in [5, 5.41) is 0. The van der Waals surface area contributed by atoms with Crippen molar-refractivity contribution < 1.29 is 14.2 Å². The van der Waals surface area contributed by atoms with Gasteiger partial charge in [0.15, 0.2) is 11.5 Å². The first kappa shape index (κ1) is 17.2. The molecule has 0 fully saturated rings. The Morgan fingerprint density at radius 1 is 1.04 bits per heavy atom. The molecule has 0 saturated heterocycles. The van der Waals surface area contributed by atoms with E-state index in [0.717, 1.165) is 34.8 Å². The molecule has 0 saturated carbocycles. The third kappa shape index (κ3) is 2.62. The molecule has 5 rings (SSSR count). The summed E-state index contributed by atoms with van der Waals surface area (Å²) in [7, 11) is 0. The maximum atomic E-state index is 6.21. The zero-order chi connectivity index (χ0) is 18.4. The molecule has 3 aliphatic rings. The molecule has 27 heavy (non-hydrogen) atoms. The molecule has 1 spiro atoms. The van der Waals surface area contributed by atoms with Crippen molar-refractivity contribution in [2.75, 3.05) is 37.8 Å². The molecule has 0 amide bonds. The molecule has 5 heteroatoms. The molecule has 2 aromatic rings. The third-order valence-electron chi connectivity index (χ3n) is 5.94. The number of fused-ring (bicyclic) bond motifs is 5. The van der Waals surface area contributed by atoms with Crippen LogP contribution in [-0.4, -0.2) is 32.9 Å². The van der Waals surface area contributed by atoms with Crippen LogP contribution in [0.25, 0.3) is 0 Å². The van der Waals surface area contributed by atoms with Crippen molar-refractivity contribution in [3.8, 4) is 17.2 Å². The highest BCUT2D eigenvalue weighted by Gasteiger charge is 2.51. The SMILES string of the molecule is CCCCCN1CC2(COc3cc4c(cc32)OCCO4)c2c(Br)cccc21. The van der Waals surface area contributed by atoms with Crippen LogP contribution in [0, 0.1) is 0 Å². The van der Waals surface area contributed by atoms with E-state index in [0.29, 0.717) is 19.8 Å². The summed E-state index contributed by atoms with van der Waals surface area (Å²) in [6, 6.07) is 10.7. The average molecular weight is 430 g/mol. The smallest absolute Gasteiger partial charge is 0.165 e. The van der Waals surface area contributed by atoms with Crippen LogP contribution in [0.5, 0.6) is 17.2 Å². The number of halogens is 1. The standard InChI is InChI=1S/C22H24BrNO3/c1-2-3-4-8-24-13-22(21-16(23)6-5-7-17(21)24)14-27-18-12-20-19(11-15(18)22)25-9-10-26-20/h5-7,11-12H,2-4,8-10,13-14H2,1H3. The summed E-state index contributed by atoms with van der Waals surface area (Å²) in [6.07, 6.45) is 3.71. The maximum absolute atomic E-state index is 6.21. The minimum atomic E-state index is -0.160. The molecular weight excluding hydrogens is 406 g/mol. The summed E-state index contributed by atoms with van der Waals surface area (Å²) in [5.74, 6) is 2.56. The normalized spacial score (nSPS) is 21.9. The van der Waals surface area contributed by atoms with E-state index in [-0.39, 0.29) is 5.41 Å². The highest BCUT2D eigenvalue weighted by Crippen LogP contribution is 2.55. The molecule has 4 nitrogen and oxygen atoms in total. The highest BCUT2D eigenvalue weighted by atomic mass is 79.9. The van der Waals surface area contributed by atoms with Crippen LogP contribution < -0.4 is 19.1 Å². The Kier molecular flexibility index (Phi) is 4.23. The monoisotopic (exact) mass is 429 g/mol. The molecule has 0 bridgehead atoms. The van der Waals surface area contributed by atoms with E-state index in [9.17, 15) is 0 Å². The van der Waals surface area contributed by atoms with Gasteiger partial charge in [-0.25, -0.2) is 0 Å². The summed E-state index contributed by atoms with van der Waals surface area (Å²) in [4.78, 5) is 2.53. The van der Waals surface area contributed by atoms with E-state index in [1.807, 2.05) is 6.07 Å². The fourth-order valence-electron chi connectivity index (χ4n) is 4.67. The van der Waals surface area contributed by atoms with Crippen LogP contribution in [0.3, 0.4) is 0 Å². The van der Waals surface area contributed by atoms with E-state index in [2.05, 4.69) is 52.0 Å². The lowest BCUT2D eigenvalue weighted by molar-refractivity contribution is 0.171. The first-order valence-electron chi connectivity index (χ1n) is 9.84. The van der Waals surface area contributed by atoms with Gasteiger partial charge < -0.3 is 19.1 Å². The molecule has 0 aliphatic carbocycles. The Balaban J connectivity index is 1.60. The van der Waals surface area contributed by atoms with E-state index >= 15 is 0 Å². The second kappa shape index (κ2) is 6.62. The van der Waals surface area contributed by atoms with E-state index < -0.39 is 0 Å². The van der Waals surface area contributed by atoms with Crippen LogP contribution >= 0.6 is 15.9 Å². The van der Waals surface area contributed by atoms with E-state index in [1.54, 1.807) is 0 Å². The van der Waals surface area contributed by atoms with E-state index in [1.165, 1.54) is 36.1 Å². The first-order valence-corrected chi connectivity index (χ1v) is 10.6. The molecule has 0 radical (unpaired) electrons. The lowest BCUT2D eigenvalue weighted by Crippen LogP contribution is -2.36. The van der Waals surface area contributed by atoms with Gasteiger partial charge in [0, 0.05) is 40.4 Å². The van der Waals surface area contributed by atoms with E-state index in [4.69, 9.17) is 14.2 Å². The fourth-order valence-corrected chi connectivity index (χ4v) is 5.41. The molecular formula is C22H24BrNO3. The second-order valence-electron chi connectivity index (χ2n) is 7.63. The Morgan fingerprint density at radius 3 is 2.67 bits per heavy atom. The van der Waals surface area contributed by atoms with Gasteiger partial charge >= 0.3 is 0 Å².